The molecule has 4 rings (SSSR count). The number of aryl methyl sites for hydroxylation is 2. The summed E-state index contributed by atoms with van der Waals surface area (Å²) in [6.45, 7) is 5.12. The third-order valence-electron chi connectivity index (χ3n) is 6.12. The summed E-state index contributed by atoms with van der Waals surface area (Å²) in [5, 5.41) is 0. The van der Waals surface area contributed by atoms with Crippen LogP contribution in [0, 0.1) is 13.8 Å². The van der Waals surface area contributed by atoms with E-state index in [1.807, 2.05) is 59.5 Å². The molecule has 1 aliphatic rings. The van der Waals surface area contributed by atoms with Gasteiger partial charge in [-0.25, -0.2) is 0 Å². The van der Waals surface area contributed by atoms with Gasteiger partial charge >= 0.3 is 0 Å². The van der Waals surface area contributed by atoms with Gasteiger partial charge in [0.15, 0.2) is 11.5 Å². The van der Waals surface area contributed by atoms with Crippen LogP contribution in [0.3, 0.4) is 0 Å². The minimum absolute atomic E-state index is 0.0932. The van der Waals surface area contributed by atoms with Gasteiger partial charge in [0.1, 0.15) is 12.4 Å². The van der Waals surface area contributed by atoms with Crippen LogP contribution in [0.1, 0.15) is 33.9 Å². The minimum Gasteiger partial charge on any atom is -0.493 e. The zero-order chi connectivity index (χ0) is 23.4. The lowest BCUT2D eigenvalue weighted by Gasteiger charge is -2.37. The normalized spacial score (nSPS) is 15.0. The molecule has 0 saturated carbocycles. The Hall–Kier alpha value is -3.47. The Labute approximate surface area is 195 Å². The van der Waals surface area contributed by atoms with Gasteiger partial charge < -0.3 is 19.1 Å². The van der Waals surface area contributed by atoms with Crippen molar-refractivity contribution in [2.45, 2.75) is 32.7 Å². The summed E-state index contributed by atoms with van der Waals surface area (Å²) in [5.41, 5.74) is 5.51. The zero-order valence-electron chi connectivity index (χ0n) is 19.8. The lowest BCUT2D eigenvalue weighted by atomic mass is 9.91. The molecule has 1 unspecified atom stereocenters. The van der Waals surface area contributed by atoms with E-state index < -0.39 is 0 Å². The van der Waals surface area contributed by atoms with Crippen LogP contribution in [0.25, 0.3) is 0 Å². The fraction of sp³-hybridized carbons (Fsp3) is 0.321. The molecule has 5 nitrogen and oxygen atoms in total. The van der Waals surface area contributed by atoms with Gasteiger partial charge in [-0.3, -0.25) is 4.79 Å². The van der Waals surface area contributed by atoms with Crippen LogP contribution in [0.2, 0.25) is 0 Å². The van der Waals surface area contributed by atoms with E-state index in [2.05, 4.69) is 19.9 Å². The van der Waals surface area contributed by atoms with Gasteiger partial charge in [0.05, 0.1) is 26.7 Å². The van der Waals surface area contributed by atoms with Gasteiger partial charge in [0, 0.05) is 6.54 Å². The molecule has 172 valence electrons. The highest BCUT2D eigenvalue weighted by atomic mass is 16.5. The van der Waals surface area contributed by atoms with Crippen molar-refractivity contribution in [1.82, 2.24) is 4.90 Å². The van der Waals surface area contributed by atoms with Crippen LogP contribution in [0.5, 0.6) is 17.2 Å². The smallest absolute Gasteiger partial charge is 0.227 e. The number of hydrogen-bond donors (Lipinski definition) is 0. The van der Waals surface area contributed by atoms with E-state index in [1.165, 1.54) is 0 Å². The number of methoxy groups -OCH3 is 2. The highest BCUT2D eigenvalue weighted by molar-refractivity contribution is 5.79. The lowest BCUT2D eigenvalue weighted by molar-refractivity contribution is -0.134. The number of carbonyl (C=O) groups is 1. The Morgan fingerprint density at radius 1 is 0.939 bits per heavy atom. The molecule has 0 N–H and O–H groups in total. The van der Waals surface area contributed by atoms with E-state index in [0.717, 1.165) is 40.0 Å². The third-order valence-corrected chi connectivity index (χ3v) is 6.12. The average molecular weight is 446 g/mol. The number of benzene rings is 3. The molecule has 0 aliphatic carbocycles. The molecule has 3 aromatic carbocycles. The number of nitrogens with zero attached hydrogens (tertiary/aromatic N) is 1. The molecule has 5 heteroatoms. The van der Waals surface area contributed by atoms with E-state index >= 15 is 0 Å². The third kappa shape index (κ3) is 5.14. The summed E-state index contributed by atoms with van der Waals surface area (Å²) >= 11 is 0. The second-order valence-corrected chi connectivity index (χ2v) is 8.56. The Morgan fingerprint density at radius 2 is 1.61 bits per heavy atom. The maximum Gasteiger partial charge on any atom is 0.227 e. The number of rotatable bonds is 7. The van der Waals surface area contributed by atoms with Gasteiger partial charge in [-0.1, -0.05) is 36.4 Å². The van der Waals surface area contributed by atoms with Gasteiger partial charge in [-0.2, -0.15) is 0 Å². The quantitative estimate of drug-likeness (QED) is 0.510. The van der Waals surface area contributed by atoms with Crippen LogP contribution in [-0.4, -0.2) is 38.2 Å². The zero-order valence-corrected chi connectivity index (χ0v) is 19.8. The molecule has 0 saturated heterocycles. The topological polar surface area (TPSA) is 48.0 Å². The molecule has 33 heavy (non-hydrogen) atoms. The standard InChI is InChI=1S/C28H31NO4/c1-19-12-20(2)14-23(13-19)33-18-25-24-17-27(32-4)26(31-3)16-22(24)10-11-29(25)28(30)15-21-8-6-5-7-9-21/h5-9,12-14,16-17,25H,10-11,15,18H2,1-4H3. The van der Waals surface area contributed by atoms with Crippen molar-refractivity contribution in [3.8, 4) is 17.2 Å². The molecule has 1 aliphatic heterocycles. The maximum atomic E-state index is 13.4. The number of hydrogen-bond acceptors (Lipinski definition) is 4. The maximum absolute atomic E-state index is 13.4. The summed E-state index contributed by atoms with van der Waals surface area (Å²) in [5.74, 6) is 2.27. The summed E-state index contributed by atoms with van der Waals surface area (Å²) in [6.07, 6.45) is 1.12. The number of carbonyl (C=O) groups excluding carboxylic acids is 1. The summed E-state index contributed by atoms with van der Waals surface area (Å²) < 4.78 is 17.3. The molecule has 1 amide bonds. The van der Waals surface area contributed by atoms with Crippen LogP contribution in [-0.2, 0) is 17.6 Å². The molecule has 1 heterocycles. The van der Waals surface area contributed by atoms with Gasteiger partial charge in [-0.15, -0.1) is 0 Å². The Kier molecular flexibility index (Phi) is 6.87. The van der Waals surface area contributed by atoms with E-state index in [0.29, 0.717) is 31.1 Å². The van der Waals surface area contributed by atoms with Crippen LogP contribution in [0.4, 0.5) is 0 Å². The predicted molar refractivity (Wildman–Crippen MR) is 129 cm³/mol. The highest BCUT2D eigenvalue weighted by Crippen LogP contribution is 2.38. The number of amides is 1. The SMILES string of the molecule is COc1cc2c(cc1OC)C(COc1cc(C)cc(C)c1)N(C(=O)Cc1ccccc1)CC2. The van der Waals surface area contributed by atoms with E-state index in [-0.39, 0.29) is 11.9 Å². The van der Waals surface area contributed by atoms with Gasteiger partial charge in [0.2, 0.25) is 5.91 Å². The fourth-order valence-corrected chi connectivity index (χ4v) is 4.57. The summed E-state index contributed by atoms with van der Waals surface area (Å²) in [4.78, 5) is 15.3. The van der Waals surface area contributed by atoms with Crippen molar-refractivity contribution in [3.63, 3.8) is 0 Å². The summed E-state index contributed by atoms with van der Waals surface area (Å²) in [7, 11) is 3.27. The van der Waals surface area contributed by atoms with Crippen molar-refractivity contribution in [3.05, 3.63) is 88.5 Å². The van der Waals surface area contributed by atoms with Crippen molar-refractivity contribution in [2.75, 3.05) is 27.4 Å². The first kappa shape index (κ1) is 22.7. The fourth-order valence-electron chi connectivity index (χ4n) is 4.57. The molecule has 0 bridgehead atoms. The first-order chi connectivity index (χ1) is 16.0. The van der Waals surface area contributed by atoms with Crippen LogP contribution >= 0.6 is 0 Å². The molecule has 1 atom stereocenters. The second kappa shape index (κ2) is 9.99. The van der Waals surface area contributed by atoms with Crippen molar-refractivity contribution < 1.29 is 19.0 Å². The van der Waals surface area contributed by atoms with Crippen molar-refractivity contribution in [1.29, 1.82) is 0 Å². The average Bonchev–Trinajstić information content (AvgIpc) is 2.81. The minimum atomic E-state index is -0.217. The van der Waals surface area contributed by atoms with E-state index in [4.69, 9.17) is 14.2 Å². The summed E-state index contributed by atoms with van der Waals surface area (Å²) in [6, 6.07) is 19.9. The Bertz CT molecular complexity index is 1110. The molecule has 0 fully saturated rings. The molecule has 3 aromatic rings. The van der Waals surface area contributed by atoms with E-state index in [9.17, 15) is 4.79 Å². The molecule has 0 aromatic heterocycles. The van der Waals surface area contributed by atoms with Crippen LogP contribution in [0.15, 0.2) is 60.7 Å². The number of ether oxygens (including phenoxy) is 3. The van der Waals surface area contributed by atoms with Crippen LogP contribution < -0.4 is 14.2 Å². The molecular formula is C28H31NO4. The van der Waals surface area contributed by atoms with Gasteiger partial charge in [0.25, 0.3) is 0 Å². The molecule has 0 radical (unpaired) electrons. The second-order valence-electron chi connectivity index (χ2n) is 8.56. The van der Waals surface area contributed by atoms with E-state index in [1.54, 1.807) is 14.2 Å². The largest absolute Gasteiger partial charge is 0.493 e. The Morgan fingerprint density at radius 3 is 2.27 bits per heavy atom. The lowest BCUT2D eigenvalue weighted by Crippen LogP contribution is -2.43. The Balaban J connectivity index is 1.66. The number of fused-ring (bicyclic) bond motifs is 1. The first-order valence-electron chi connectivity index (χ1n) is 11.3. The highest BCUT2D eigenvalue weighted by Gasteiger charge is 2.32. The first-order valence-corrected chi connectivity index (χ1v) is 11.3. The monoisotopic (exact) mass is 445 g/mol. The van der Waals surface area contributed by atoms with Crippen molar-refractivity contribution in [2.24, 2.45) is 0 Å². The van der Waals surface area contributed by atoms with Gasteiger partial charge in [-0.05, 0) is 72.4 Å². The molecule has 0 spiro atoms. The molecular weight excluding hydrogens is 414 g/mol. The predicted octanol–water partition coefficient (Wildman–Crippen LogP) is 5.07. The van der Waals surface area contributed by atoms with Crippen molar-refractivity contribution >= 4 is 5.91 Å².